The molecule has 0 amide bonds. The summed E-state index contributed by atoms with van der Waals surface area (Å²) in [5, 5.41) is 0. The van der Waals surface area contributed by atoms with E-state index in [1.54, 1.807) is 13.3 Å². The second kappa shape index (κ2) is 3.43. The van der Waals surface area contributed by atoms with E-state index in [1.165, 1.54) is 0 Å². The highest BCUT2D eigenvalue weighted by Gasteiger charge is 2.07. The topological polar surface area (TPSA) is 48.1 Å². The first-order valence-electron chi connectivity index (χ1n) is 3.94. The number of nitrogens with two attached hydrogens (primary N) is 1. The number of aromatic nitrogens is 1. The van der Waals surface area contributed by atoms with E-state index in [2.05, 4.69) is 18.8 Å². The Hall–Kier alpha value is -1.25. The molecular formula is C9H14N2O. The molecule has 0 atom stereocenters. The molecule has 1 aromatic rings. The number of nitrogens with zero attached hydrogens (tertiary/aromatic N) is 1. The van der Waals surface area contributed by atoms with Crippen molar-refractivity contribution in [1.82, 2.24) is 4.98 Å². The normalized spacial score (nSPS) is 10.3. The zero-order valence-corrected chi connectivity index (χ0v) is 7.66. The quantitative estimate of drug-likeness (QED) is 0.728. The van der Waals surface area contributed by atoms with Crippen molar-refractivity contribution < 1.29 is 4.74 Å². The lowest BCUT2D eigenvalue weighted by Gasteiger charge is -2.10. The highest BCUT2D eigenvalue weighted by molar-refractivity contribution is 5.43. The molecule has 0 aliphatic heterocycles. The van der Waals surface area contributed by atoms with Crippen molar-refractivity contribution in [2.24, 2.45) is 0 Å². The summed E-state index contributed by atoms with van der Waals surface area (Å²) in [6, 6.07) is 1.90. The third-order valence-electron chi connectivity index (χ3n) is 1.72. The second-order valence-electron chi connectivity index (χ2n) is 3.02. The van der Waals surface area contributed by atoms with E-state index in [0.29, 0.717) is 17.5 Å². The fourth-order valence-corrected chi connectivity index (χ4v) is 1.07. The fraction of sp³-hybridized carbons (Fsp3) is 0.444. The highest BCUT2D eigenvalue weighted by Crippen LogP contribution is 2.25. The van der Waals surface area contributed by atoms with Gasteiger partial charge in [-0.3, -0.25) is 0 Å². The average molecular weight is 166 g/mol. The number of hydrogen-bond acceptors (Lipinski definition) is 3. The van der Waals surface area contributed by atoms with Gasteiger partial charge in [-0.1, -0.05) is 13.8 Å². The minimum atomic E-state index is 0.385. The molecule has 0 aliphatic carbocycles. The number of rotatable bonds is 2. The smallest absolute Gasteiger partial charge is 0.216 e. The lowest BCUT2D eigenvalue weighted by atomic mass is 10.0. The summed E-state index contributed by atoms with van der Waals surface area (Å²) < 4.78 is 5.09. The predicted octanol–water partition coefficient (Wildman–Crippen LogP) is 1.80. The summed E-state index contributed by atoms with van der Waals surface area (Å²) in [7, 11) is 1.62. The van der Waals surface area contributed by atoms with E-state index < -0.39 is 0 Å². The Labute approximate surface area is 72.6 Å². The Kier molecular flexibility index (Phi) is 2.53. The number of nitrogen functional groups attached to an aromatic ring is 1. The number of ether oxygens (including phenoxy) is 1. The van der Waals surface area contributed by atoms with Gasteiger partial charge >= 0.3 is 0 Å². The molecule has 12 heavy (non-hydrogen) atoms. The first kappa shape index (κ1) is 8.84. The van der Waals surface area contributed by atoms with E-state index >= 15 is 0 Å². The maximum atomic E-state index is 5.60. The van der Waals surface area contributed by atoms with Crippen molar-refractivity contribution in [2.45, 2.75) is 19.8 Å². The van der Waals surface area contributed by atoms with Gasteiger partial charge in [0.05, 0.1) is 19.0 Å². The molecule has 2 N–H and O–H groups in total. The van der Waals surface area contributed by atoms with Crippen molar-refractivity contribution >= 4 is 5.69 Å². The third-order valence-corrected chi connectivity index (χ3v) is 1.72. The van der Waals surface area contributed by atoms with Gasteiger partial charge in [0.1, 0.15) is 0 Å². The Bertz CT molecular complexity index is 271. The molecule has 1 rings (SSSR count). The van der Waals surface area contributed by atoms with Gasteiger partial charge < -0.3 is 10.5 Å². The van der Waals surface area contributed by atoms with Crippen molar-refractivity contribution in [3.63, 3.8) is 0 Å². The van der Waals surface area contributed by atoms with Crippen LogP contribution in [0.2, 0.25) is 0 Å². The predicted molar refractivity (Wildman–Crippen MR) is 49.3 cm³/mol. The zero-order chi connectivity index (χ0) is 9.14. The number of anilines is 1. The van der Waals surface area contributed by atoms with Crippen molar-refractivity contribution in [3.05, 3.63) is 17.8 Å². The standard InChI is InChI=1S/C9H14N2O/c1-6(2)8-4-7(10)5-11-9(8)12-3/h4-6H,10H2,1-3H3. The van der Waals surface area contributed by atoms with Gasteiger partial charge in [0, 0.05) is 5.56 Å². The third kappa shape index (κ3) is 1.67. The van der Waals surface area contributed by atoms with Gasteiger partial charge in [0.2, 0.25) is 5.88 Å². The maximum absolute atomic E-state index is 5.60. The van der Waals surface area contributed by atoms with Crippen LogP contribution in [0.3, 0.4) is 0 Å². The van der Waals surface area contributed by atoms with Crippen LogP contribution in [0.5, 0.6) is 5.88 Å². The number of methoxy groups -OCH3 is 1. The van der Waals surface area contributed by atoms with Crippen LogP contribution < -0.4 is 10.5 Å². The highest BCUT2D eigenvalue weighted by atomic mass is 16.5. The molecule has 0 fully saturated rings. The lowest BCUT2D eigenvalue weighted by molar-refractivity contribution is 0.390. The molecule has 0 saturated carbocycles. The van der Waals surface area contributed by atoms with Crippen molar-refractivity contribution in [1.29, 1.82) is 0 Å². The Morgan fingerprint density at radius 2 is 2.17 bits per heavy atom. The van der Waals surface area contributed by atoms with Gasteiger partial charge in [-0.2, -0.15) is 0 Å². The zero-order valence-electron chi connectivity index (χ0n) is 7.66. The van der Waals surface area contributed by atoms with Crippen LogP contribution in [-0.4, -0.2) is 12.1 Å². The van der Waals surface area contributed by atoms with Gasteiger partial charge in [0.25, 0.3) is 0 Å². The molecule has 0 aromatic carbocycles. The van der Waals surface area contributed by atoms with E-state index in [9.17, 15) is 0 Å². The molecule has 0 bridgehead atoms. The van der Waals surface area contributed by atoms with Crippen LogP contribution in [0.25, 0.3) is 0 Å². The largest absolute Gasteiger partial charge is 0.481 e. The molecule has 0 saturated heterocycles. The molecule has 1 heterocycles. The number of hydrogen-bond donors (Lipinski definition) is 1. The molecule has 0 unspecified atom stereocenters. The monoisotopic (exact) mass is 166 g/mol. The molecule has 0 aliphatic rings. The van der Waals surface area contributed by atoms with E-state index in [-0.39, 0.29) is 0 Å². The van der Waals surface area contributed by atoms with Crippen LogP contribution in [-0.2, 0) is 0 Å². The summed E-state index contributed by atoms with van der Waals surface area (Å²) in [4.78, 5) is 4.07. The average Bonchev–Trinajstić information content (AvgIpc) is 2.04. The summed E-state index contributed by atoms with van der Waals surface area (Å²) in [5.41, 5.74) is 7.34. The fourth-order valence-electron chi connectivity index (χ4n) is 1.07. The molecule has 3 nitrogen and oxygen atoms in total. The van der Waals surface area contributed by atoms with E-state index in [4.69, 9.17) is 10.5 Å². The van der Waals surface area contributed by atoms with E-state index in [1.807, 2.05) is 6.07 Å². The first-order chi connectivity index (χ1) is 5.65. The molecule has 3 heteroatoms. The SMILES string of the molecule is COc1ncc(N)cc1C(C)C. The molecule has 0 spiro atoms. The minimum absolute atomic E-state index is 0.385. The maximum Gasteiger partial charge on any atom is 0.216 e. The van der Waals surface area contributed by atoms with Gasteiger partial charge in [0.15, 0.2) is 0 Å². The van der Waals surface area contributed by atoms with Crippen molar-refractivity contribution in [3.8, 4) is 5.88 Å². The van der Waals surface area contributed by atoms with Crippen LogP contribution >= 0.6 is 0 Å². The lowest BCUT2D eigenvalue weighted by Crippen LogP contribution is -1.98. The van der Waals surface area contributed by atoms with Gasteiger partial charge in [-0.15, -0.1) is 0 Å². The van der Waals surface area contributed by atoms with Crippen LogP contribution in [0.4, 0.5) is 5.69 Å². The minimum Gasteiger partial charge on any atom is -0.481 e. The van der Waals surface area contributed by atoms with E-state index in [0.717, 1.165) is 5.56 Å². The number of pyridine rings is 1. The first-order valence-corrected chi connectivity index (χ1v) is 3.94. The summed E-state index contributed by atoms with van der Waals surface area (Å²) in [6.07, 6.45) is 1.60. The Morgan fingerprint density at radius 3 is 2.67 bits per heavy atom. The van der Waals surface area contributed by atoms with Crippen LogP contribution in [0, 0.1) is 0 Å². The molecule has 66 valence electrons. The van der Waals surface area contributed by atoms with Crippen LogP contribution in [0.1, 0.15) is 25.3 Å². The van der Waals surface area contributed by atoms with Gasteiger partial charge in [-0.25, -0.2) is 4.98 Å². The summed E-state index contributed by atoms with van der Waals surface area (Å²) >= 11 is 0. The van der Waals surface area contributed by atoms with Crippen molar-refractivity contribution in [2.75, 3.05) is 12.8 Å². The molecule has 0 radical (unpaired) electrons. The Balaban J connectivity index is 3.12. The summed E-state index contributed by atoms with van der Waals surface area (Å²) in [5.74, 6) is 1.05. The van der Waals surface area contributed by atoms with Gasteiger partial charge in [-0.05, 0) is 12.0 Å². The second-order valence-corrected chi connectivity index (χ2v) is 3.02. The molecule has 1 aromatic heterocycles. The Morgan fingerprint density at radius 1 is 1.50 bits per heavy atom. The molecular weight excluding hydrogens is 152 g/mol. The van der Waals surface area contributed by atoms with Crippen LogP contribution in [0.15, 0.2) is 12.3 Å². The summed E-state index contributed by atoms with van der Waals surface area (Å²) in [6.45, 7) is 4.16.